The topological polar surface area (TPSA) is 27.7 Å². The second kappa shape index (κ2) is 6.04. The van der Waals surface area contributed by atoms with Crippen LogP contribution in [0.3, 0.4) is 0 Å². The first-order valence-electron chi connectivity index (χ1n) is 8.04. The molecule has 1 spiro atoms. The maximum absolute atomic E-state index is 6.42. The molecule has 1 aliphatic carbocycles. The molecule has 3 nitrogen and oxygen atoms in total. The van der Waals surface area contributed by atoms with Crippen molar-refractivity contribution in [1.82, 2.24) is 0 Å². The van der Waals surface area contributed by atoms with E-state index in [-0.39, 0.29) is 10.8 Å². The van der Waals surface area contributed by atoms with Gasteiger partial charge in [0.1, 0.15) is 0 Å². The lowest BCUT2D eigenvalue weighted by molar-refractivity contribution is -0.154. The van der Waals surface area contributed by atoms with Crippen molar-refractivity contribution in [2.75, 3.05) is 19.8 Å². The molecule has 1 saturated heterocycles. The summed E-state index contributed by atoms with van der Waals surface area (Å²) in [6.45, 7) is 13.6. The first-order valence-corrected chi connectivity index (χ1v) is 11.0. The Kier molecular flexibility index (Phi) is 4.89. The van der Waals surface area contributed by atoms with E-state index in [9.17, 15) is 0 Å². The minimum Gasteiger partial charge on any atom is -0.417 e. The molecule has 21 heavy (non-hydrogen) atoms. The van der Waals surface area contributed by atoms with Crippen molar-refractivity contribution in [3.05, 3.63) is 0 Å². The predicted molar refractivity (Wildman–Crippen MR) is 87.4 cm³/mol. The van der Waals surface area contributed by atoms with Crippen LogP contribution in [0.1, 0.15) is 40.0 Å². The van der Waals surface area contributed by atoms with Crippen molar-refractivity contribution in [3.63, 3.8) is 0 Å². The lowest BCUT2D eigenvalue weighted by atomic mass is 9.94. The zero-order valence-corrected chi connectivity index (χ0v) is 15.2. The van der Waals surface area contributed by atoms with E-state index in [0.29, 0.717) is 25.0 Å². The van der Waals surface area contributed by atoms with E-state index in [1.54, 1.807) is 0 Å². The Bertz CT molecular complexity index is 399. The summed E-state index contributed by atoms with van der Waals surface area (Å²) in [5, 5.41) is 0.241. The third-order valence-corrected chi connectivity index (χ3v) is 9.97. The van der Waals surface area contributed by atoms with Crippen molar-refractivity contribution in [2.45, 2.75) is 64.0 Å². The maximum atomic E-state index is 6.42. The summed E-state index contributed by atoms with van der Waals surface area (Å²) in [6, 6.07) is 0. The molecule has 0 bridgehead atoms. The summed E-state index contributed by atoms with van der Waals surface area (Å²) < 4.78 is 18.2. The Labute approximate surface area is 130 Å². The molecule has 2 fully saturated rings. The molecule has 2 rings (SSSR count). The first-order chi connectivity index (χ1) is 9.69. The molecule has 0 radical (unpaired) electrons. The van der Waals surface area contributed by atoms with Gasteiger partial charge in [0, 0.05) is 25.9 Å². The summed E-state index contributed by atoms with van der Waals surface area (Å²) in [4.78, 5) is 0. The third-order valence-electron chi connectivity index (χ3n) is 5.47. The van der Waals surface area contributed by atoms with Gasteiger partial charge in [-0.1, -0.05) is 20.8 Å². The number of terminal acetylenes is 1. The van der Waals surface area contributed by atoms with Crippen molar-refractivity contribution in [3.8, 4) is 12.3 Å². The van der Waals surface area contributed by atoms with Gasteiger partial charge in [0.2, 0.25) is 0 Å². The van der Waals surface area contributed by atoms with E-state index in [0.717, 1.165) is 25.9 Å². The molecule has 1 saturated carbocycles. The van der Waals surface area contributed by atoms with Crippen LogP contribution in [0.2, 0.25) is 18.1 Å². The molecule has 0 aromatic rings. The Morgan fingerprint density at radius 3 is 2.29 bits per heavy atom. The fourth-order valence-electron chi connectivity index (χ4n) is 3.07. The van der Waals surface area contributed by atoms with Gasteiger partial charge in [0.05, 0.1) is 13.2 Å². The van der Waals surface area contributed by atoms with E-state index in [4.69, 9.17) is 20.3 Å². The molecule has 2 aliphatic rings. The molecule has 0 aromatic heterocycles. The van der Waals surface area contributed by atoms with Crippen LogP contribution in [-0.4, -0.2) is 33.9 Å². The SMILES string of the molecule is C#CC[C@H]1CC2(C[C@@H]1CO[Si](C)(C)C(C)(C)C)OCCO2. The van der Waals surface area contributed by atoms with E-state index in [2.05, 4.69) is 39.8 Å². The van der Waals surface area contributed by atoms with Gasteiger partial charge in [-0.15, -0.1) is 12.3 Å². The zero-order chi connectivity index (χ0) is 15.7. The van der Waals surface area contributed by atoms with Gasteiger partial charge < -0.3 is 13.9 Å². The normalized spacial score (nSPS) is 29.0. The quantitative estimate of drug-likeness (QED) is 0.584. The molecule has 4 heteroatoms. The van der Waals surface area contributed by atoms with Crippen molar-refractivity contribution < 1.29 is 13.9 Å². The Balaban J connectivity index is 1.99. The van der Waals surface area contributed by atoms with E-state index in [1.165, 1.54) is 0 Å². The van der Waals surface area contributed by atoms with Gasteiger partial charge in [0.25, 0.3) is 0 Å². The number of hydrogen-bond donors (Lipinski definition) is 0. The van der Waals surface area contributed by atoms with Gasteiger partial charge in [0.15, 0.2) is 14.1 Å². The lowest BCUT2D eigenvalue weighted by Gasteiger charge is -2.37. The van der Waals surface area contributed by atoms with Crippen molar-refractivity contribution >= 4 is 8.32 Å². The highest BCUT2D eigenvalue weighted by Crippen LogP contribution is 2.47. The molecule has 0 aromatic carbocycles. The van der Waals surface area contributed by atoms with Gasteiger partial charge >= 0.3 is 0 Å². The standard InChI is InChI=1S/C17H30O3Si/c1-7-8-14-11-17(18-9-10-19-17)12-15(14)13-20-21(5,6)16(2,3)4/h1,14-15H,8-13H2,2-6H3/t14-,15+/m0/s1. The van der Waals surface area contributed by atoms with Crippen LogP contribution in [-0.2, 0) is 13.9 Å². The van der Waals surface area contributed by atoms with Crippen LogP contribution in [0.5, 0.6) is 0 Å². The summed E-state index contributed by atoms with van der Waals surface area (Å²) in [5.74, 6) is 3.35. The van der Waals surface area contributed by atoms with Crippen molar-refractivity contribution in [2.24, 2.45) is 11.8 Å². The molecule has 2 atom stereocenters. The second-order valence-electron chi connectivity index (χ2n) is 8.02. The van der Waals surface area contributed by atoms with E-state index >= 15 is 0 Å². The van der Waals surface area contributed by atoms with Gasteiger partial charge in [-0.2, -0.15) is 0 Å². The Morgan fingerprint density at radius 1 is 1.19 bits per heavy atom. The molecule has 1 aliphatic heterocycles. The molecule has 1 heterocycles. The minimum atomic E-state index is -1.71. The Morgan fingerprint density at radius 2 is 1.76 bits per heavy atom. The summed E-state index contributed by atoms with van der Waals surface area (Å²) in [5.41, 5.74) is 0. The average Bonchev–Trinajstić information content (AvgIpc) is 2.95. The lowest BCUT2D eigenvalue weighted by Crippen LogP contribution is -2.42. The molecule has 120 valence electrons. The minimum absolute atomic E-state index is 0.241. The second-order valence-corrected chi connectivity index (χ2v) is 12.8. The summed E-state index contributed by atoms with van der Waals surface area (Å²) in [7, 11) is -1.71. The Hall–Kier alpha value is -0.343. The van der Waals surface area contributed by atoms with E-state index < -0.39 is 8.32 Å². The first kappa shape index (κ1) is 17.0. The molecule has 0 N–H and O–H groups in total. The van der Waals surface area contributed by atoms with Crippen LogP contribution in [0.15, 0.2) is 0 Å². The average molecular weight is 311 g/mol. The summed E-state index contributed by atoms with van der Waals surface area (Å²) >= 11 is 0. The number of ether oxygens (including phenoxy) is 2. The molecule has 0 amide bonds. The highest BCUT2D eigenvalue weighted by atomic mass is 28.4. The summed E-state index contributed by atoms with van der Waals surface area (Å²) in [6.07, 6.45) is 8.18. The molecular formula is C17H30O3Si. The fourth-order valence-corrected chi connectivity index (χ4v) is 4.13. The third kappa shape index (κ3) is 3.71. The molecular weight excluding hydrogens is 280 g/mol. The van der Waals surface area contributed by atoms with Gasteiger partial charge in [-0.25, -0.2) is 0 Å². The van der Waals surface area contributed by atoms with Gasteiger partial charge in [-0.05, 0) is 30.0 Å². The molecule has 0 unspecified atom stereocenters. The fraction of sp³-hybridized carbons (Fsp3) is 0.882. The largest absolute Gasteiger partial charge is 0.417 e. The number of hydrogen-bond acceptors (Lipinski definition) is 3. The van der Waals surface area contributed by atoms with Crippen LogP contribution in [0.25, 0.3) is 0 Å². The monoisotopic (exact) mass is 310 g/mol. The van der Waals surface area contributed by atoms with Crippen LogP contribution < -0.4 is 0 Å². The van der Waals surface area contributed by atoms with Crippen LogP contribution in [0.4, 0.5) is 0 Å². The predicted octanol–water partition coefficient (Wildman–Crippen LogP) is 3.80. The number of rotatable bonds is 4. The van der Waals surface area contributed by atoms with Crippen LogP contribution >= 0.6 is 0 Å². The van der Waals surface area contributed by atoms with Crippen LogP contribution in [0, 0.1) is 24.2 Å². The van der Waals surface area contributed by atoms with Gasteiger partial charge in [-0.3, -0.25) is 0 Å². The maximum Gasteiger partial charge on any atom is 0.191 e. The van der Waals surface area contributed by atoms with E-state index in [1.807, 2.05) is 0 Å². The highest BCUT2D eigenvalue weighted by molar-refractivity contribution is 6.74. The smallest absolute Gasteiger partial charge is 0.191 e. The zero-order valence-electron chi connectivity index (χ0n) is 14.2. The highest BCUT2D eigenvalue weighted by Gasteiger charge is 2.49. The van der Waals surface area contributed by atoms with Crippen molar-refractivity contribution in [1.29, 1.82) is 0 Å².